The van der Waals surface area contributed by atoms with Gasteiger partial charge in [0, 0.05) is 6.20 Å². The topological polar surface area (TPSA) is 25.8 Å². The molecule has 0 unspecified atom stereocenters. The Morgan fingerprint density at radius 3 is 2.56 bits per heavy atom. The van der Waals surface area contributed by atoms with E-state index in [9.17, 15) is 13.2 Å². The molecule has 0 bridgehead atoms. The maximum absolute atomic E-state index is 13.3. The fourth-order valence-electron chi connectivity index (χ4n) is 1.38. The monoisotopic (exact) mass is 224 g/mol. The molecule has 0 aliphatic rings. The molecular weight excluding hydrogens is 217 g/mol. The predicted octanol–water partition coefficient (Wildman–Crippen LogP) is 2.87. The molecule has 0 atom stereocenters. The molecule has 2 aromatic heterocycles. The molecule has 2 heterocycles. The van der Waals surface area contributed by atoms with Gasteiger partial charge in [-0.05, 0) is 24.6 Å². The van der Waals surface area contributed by atoms with Crippen LogP contribution in [0.25, 0.3) is 11.3 Å². The van der Waals surface area contributed by atoms with E-state index in [2.05, 4.69) is 9.97 Å². The minimum absolute atomic E-state index is 0.142. The van der Waals surface area contributed by atoms with Gasteiger partial charge in [0.15, 0.2) is 5.82 Å². The van der Waals surface area contributed by atoms with Gasteiger partial charge >= 0.3 is 0 Å². The number of nitrogens with zero attached hydrogens (tertiary/aromatic N) is 2. The van der Waals surface area contributed by atoms with E-state index in [4.69, 9.17) is 0 Å². The second kappa shape index (κ2) is 3.92. The molecule has 0 saturated carbocycles. The summed E-state index contributed by atoms with van der Waals surface area (Å²) in [7, 11) is 0. The third-order valence-corrected chi connectivity index (χ3v) is 2.15. The summed E-state index contributed by atoms with van der Waals surface area (Å²) in [6.07, 6.45) is 1.45. The fourth-order valence-corrected chi connectivity index (χ4v) is 1.38. The average molecular weight is 224 g/mol. The van der Waals surface area contributed by atoms with Gasteiger partial charge < -0.3 is 0 Å². The molecule has 16 heavy (non-hydrogen) atoms. The van der Waals surface area contributed by atoms with Crippen molar-refractivity contribution in [3.63, 3.8) is 0 Å². The standard InChI is InChI=1S/C11H7F3N2/c1-6-3-2-4-15-9(6)7-5-8(12)11(14)16-10(7)13/h2-5H,1H3. The van der Waals surface area contributed by atoms with Crippen molar-refractivity contribution in [2.45, 2.75) is 6.92 Å². The summed E-state index contributed by atoms with van der Waals surface area (Å²) in [5, 5.41) is 0. The molecule has 0 aliphatic heterocycles. The molecule has 0 aromatic carbocycles. The molecule has 2 nitrogen and oxygen atoms in total. The summed E-state index contributed by atoms with van der Waals surface area (Å²) < 4.78 is 38.9. The normalized spacial score (nSPS) is 10.5. The van der Waals surface area contributed by atoms with E-state index in [0.29, 0.717) is 5.56 Å². The van der Waals surface area contributed by atoms with Gasteiger partial charge in [0.05, 0.1) is 11.3 Å². The zero-order valence-corrected chi connectivity index (χ0v) is 8.34. The number of hydrogen-bond donors (Lipinski definition) is 0. The summed E-state index contributed by atoms with van der Waals surface area (Å²) >= 11 is 0. The van der Waals surface area contributed by atoms with E-state index in [-0.39, 0.29) is 11.3 Å². The highest BCUT2D eigenvalue weighted by molar-refractivity contribution is 5.62. The molecule has 0 N–H and O–H groups in total. The van der Waals surface area contributed by atoms with Crippen LogP contribution in [0.5, 0.6) is 0 Å². The summed E-state index contributed by atoms with van der Waals surface area (Å²) in [5.74, 6) is -3.71. The molecule has 0 amide bonds. The quantitative estimate of drug-likeness (QED) is 0.696. The van der Waals surface area contributed by atoms with Crippen LogP contribution in [-0.2, 0) is 0 Å². The van der Waals surface area contributed by atoms with E-state index in [1.807, 2.05) is 0 Å². The lowest BCUT2D eigenvalue weighted by Crippen LogP contribution is -1.99. The van der Waals surface area contributed by atoms with Crippen LogP contribution >= 0.6 is 0 Å². The van der Waals surface area contributed by atoms with Crippen molar-refractivity contribution in [2.75, 3.05) is 0 Å². The fraction of sp³-hybridized carbons (Fsp3) is 0.0909. The van der Waals surface area contributed by atoms with E-state index in [1.165, 1.54) is 6.20 Å². The van der Waals surface area contributed by atoms with Crippen molar-refractivity contribution >= 4 is 0 Å². The largest absolute Gasteiger partial charge is 0.256 e. The van der Waals surface area contributed by atoms with Crippen molar-refractivity contribution in [1.29, 1.82) is 0 Å². The molecule has 0 spiro atoms. The number of hydrogen-bond acceptors (Lipinski definition) is 2. The first kappa shape index (κ1) is 10.6. The second-order valence-electron chi connectivity index (χ2n) is 3.27. The predicted molar refractivity (Wildman–Crippen MR) is 52.1 cm³/mol. The first-order valence-electron chi connectivity index (χ1n) is 4.53. The zero-order valence-electron chi connectivity index (χ0n) is 8.34. The Kier molecular flexibility index (Phi) is 2.60. The van der Waals surface area contributed by atoms with Crippen molar-refractivity contribution in [1.82, 2.24) is 9.97 Å². The van der Waals surface area contributed by atoms with Crippen LogP contribution in [0.1, 0.15) is 5.56 Å². The van der Waals surface area contributed by atoms with E-state index >= 15 is 0 Å². The maximum atomic E-state index is 13.3. The van der Waals surface area contributed by atoms with E-state index < -0.39 is 17.7 Å². The summed E-state index contributed by atoms with van der Waals surface area (Å²) in [6.45, 7) is 1.70. The molecular formula is C11H7F3N2. The molecule has 0 fully saturated rings. The highest BCUT2D eigenvalue weighted by atomic mass is 19.2. The Bertz CT molecular complexity index is 541. The number of pyridine rings is 2. The van der Waals surface area contributed by atoms with Gasteiger partial charge in [-0.1, -0.05) is 6.07 Å². The van der Waals surface area contributed by atoms with Crippen LogP contribution in [-0.4, -0.2) is 9.97 Å². The highest BCUT2D eigenvalue weighted by Gasteiger charge is 2.15. The average Bonchev–Trinajstić information content (AvgIpc) is 2.25. The Morgan fingerprint density at radius 1 is 1.12 bits per heavy atom. The molecule has 2 rings (SSSR count). The van der Waals surface area contributed by atoms with Gasteiger partial charge in [-0.2, -0.15) is 13.8 Å². The Balaban J connectivity index is 2.65. The lowest BCUT2D eigenvalue weighted by atomic mass is 10.1. The lowest BCUT2D eigenvalue weighted by molar-refractivity contribution is 0.449. The minimum atomic E-state index is -1.45. The summed E-state index contributed by atoms with van der Waals surface area (Å²) in [5.41, 5.74) is 0.776. The van der Waals surface area contributed by atoms with Crippen LogP contribution in [0.2, 0.25) is 0 Å². The minimum Gasteiger partial charge on any atom is -0.256 e. The molecule has 82 valence electrons. The van der Waals surface area contributed by atoms with Crippen molar-refractivity contribution < 1.29 is 13.2 Å². The van der Waals surface area contributed by atoms with Gasteiger partial charge in [-0.3, -0.25) is 4.98 Å². The van der Waals surface area contributed by atoms with E-state index in [1.54, 1.807) is 19.1 Å². The number of aromatic nitrogens is 2. The molecule has 0 radical (unpaired) electrons. The SMILES string of the molecule is Cc1cccnc1-c1cc(F)c(F)nc1F. The second-order valence-corrected chi connectivity index (χ2v) is 3.27. The van der Waals surface area contributed by atoms with Crippen LogP contribution in [0.15, 0.2) is 24.4 Å². The molecule has 2 aromatic rings. The first-order valence-corrected chi connectivity index (χ1v) is 4.53. The zero-order chi connectivity index (χ0) is 11.7. The molecule has 0 saturated heterocycles. The van der Waals surface area contributed by atoms with Gasteiger partial charge in [-0.25, -0.2) is 4.39 Å². The van der Waals surface area contributed by atoms with Gasteiger partial charge in [0.25, 0.3) is 5.95 Å². The van der Waals surface area contributed by atoms with Gasteiger partial charge in [-0.15, -0.1) is 0 Å². The third-order valence-electron chi connectivity index (χ3n) is 2.15. The summed E-state index contributed by atoms with van der Waals surface area (Å²) in [4.78, 5) is 6.75. The lowest BCUT2D eigenvalue weighted by Gasteiger charge is -2.05. The number of aryl methyl sites for hydroxylation is 1. The molecule has 5 heteroatoms. The van der Waals surface area contributed by atoms with Gasteiger partial charge in [0.1, 0.15) is 0 Å². The maximum Gasteiger partial charge on any atom is 0.251 e. The smallest absolute Gasteiger partial charge is 0.251 e. The highest BCUT2D eigenvalue weighted by Crippen LogP contribution is 2.23. The molecule has 0 aliphatic carbocycles. The van der Waals surface area contributed by atoms with Crippen molar-refractivity contribution in [2.24, 2.45) is 0 Å². The van der Waals surface area contributed by atoms with E-state index in [0.717, 1.165) is 6.07 Å². The number of rotatable bonds is 1. The van der Waals surface area contributed by atoms with Crippen LogP contribution < -0.4 is 0 Å². The third kappa shape index (κ3) is 1.76. The Labute approximate surface area is 89.8 Å². The van der Waals surface area contributed by atoms with Crippen LogP contribution in [0.3, 0.4) is 0 Å². The Morgan fingerprint density at radius 2 is 1.88 bits per heavy atom. The van der Waals surface area contributed by atoms with Crippen LogP contribution in [0.4, 0.5) is 13.2 Å². The van der Waals surface area contributed by atoms with Crippen molar-refractivity contribution in [3.8, 4) is 11.3 Å². The first-order chi connectivity index (χ1) is 7.59. The summed E-state index contributed by atoms with van der Waals surface area (Å²) in [6, 6.07) is 4.13. The van der Waals surface area contributed by atoms with Crippen LogP contribution in [0, 0.1) is 24.6 Å². The van der Waals surface area contributed by atoms with Gasteiger partial charge in [0.2, 0.25) is 5.95 Å². The number of halogens is 3. The Hall–Kier alpha value is -1.91. The van der Waals surface area contributed by atoms with Crippen molar-refractivity contribution in [3.05, 3.63) is 47.7 Å².